The van der Waals surface area contributed by atoms with Crippen LogP contribution in [0.15, 0.2) is 71.9 Å². The molecule has 1 aliphatic heterocycles. The Kier molecular flexibility index (Phi) is 5.86. The van der Waals surface area contributed by atoms with Gasteiger partial charge in [0.1, 0.15) is 19.4 Å². The molecule has 0 spiro atoms. The quantitative estimate of drug-likeness (QED) is 0.613. The number of ether oxygens (including phenoxy) is 1. The van der Waals surface area contributed by atoms with E-state index < -0.39 is 27.3 Å². The Bertz CT molecular complexity index is 1220. The first-order chi connectivity index (χ1) is 15.1. The van der Waals surface area contributed by atoms with Gasteiger partial charge in [-0.05, 0) is 36.2 Å². The lowest BCUT2D eigenvalue weighted by Crippen LogP contribution is -2.38. The van der Waals surface area contributed by atoms with Crippen LogP contribution in [-0.2, 0) is 23.5 Å². The molecule has 4 rings (SSSR count). The molecule has 0 aliphatic carbocycles. The third kappa shape index (κ3) is 4.43. The number of pyridine rings is 1. The number of aliphatic hydroxyl groups excluding tert-OH is 1. The number of benzene rings is 2. The van der Waals surface area contributed by atoms with Crippen LogP contribution < -0.4 is 9.30 Å². The summed E-state index contributed by atoms with van der Waals surface area (Å²) in [5.41, 5.74) is 2.77. The molecule has 2 heterocycles. The van der Waals surface area contributed by atoms with E-state index >= 15 is 0 Å². The highest BCUT2D eigenvalue weighted by Gasteiger charge is 2.44. The van der Waals surface area contributed by atoms with E-state index in [2.05, 4.69) is 0 Å². The summed E-state index contributed by atoms with van der Waals surface area (Å²) in [7, 11) is -1.54. The van der Waals surface area contributed by atoms with Crippen molar-refractivity contribution in [2.24, 2.45) is 12.5 Å². The van der Waals surface area contributed by atoms with Gasteiger partial charge in [-0.2, -0.15) is 0 Å². The van der Waals surface area contributed by atoms with Crippen molar-refractivity contribution in [2.75, 3.05) is 5.75 Å². The number of hydrogen-bond donors (Lipinski definition) is 1. The first-order valence-electron chi connectivity index (χ1n) is 10.8. The second-order valence-corrected chi connectivity index (χ2v) is 11.4. The standard InChI is InChI=1S/C26H30NO4S/c1-18-5-10-23-22(15-18)24(25(28)26(2,3)17-32(23,29)30)20-6-8-21(9-7-20)31-16-19-11-13-27(4)14-12-19/h5-15,24-25,28H,16-17H2,1-4H3/q+1/t24-,25-/m1/s1. The third-order valence-electron chi connectivity index (χ3n) is 6.21. The summed E-state index contributed by atoms with van der Waals surface area (Å²) in [5.74, 6) is 0.186. The van der Waals surface area contributed by atoms with E-state index in [0.29, 0.717) is 17.1 Å². The Morgan fingerprint density at radius 2 is 1.72 bits per heavy atom. The molecule has 0 fully saturated rings. The van der Waals surface area contributed by atoms with Gasteiger partial charge in [0, 0.05) is 29.0 Å². The van der Waals surface area contributed by atoms with E-state index in [-0.39, 0.29) is 5.75 Å². The zero-order valence-electron chi connectivity index (χ0n) is 18.9. The highest BCUT2D eigenvalue weighted by Crippen LogP contribution is 2.44. The fraction of sp³-hybridized carbons (Fsp3) is 0.346. The lowest BCUT2D eigenvalue weighted by molar-refractivity contribution is -0.671. The predicted molar refractivity (Wildman–Crippen MR) is 123 cm³/mol. The van der Waals surface area contributed by atoms with Gasteiger partial charge in [0.05, 0.1) is 16.8 Å². The molecule has 0 unspecified atom stereocenters. The van der Waals surface area contributed by atoms with Crippen molar-refractivity contribution in [3.8, 4) is 5.75 Å². The highest BCUT2D eigenvalue weighted by molar-refractivity contribution is 7.91. The molecule has 2 aromatic carbocycles. The molecule has 0 radical (unpaired) electrons. The van der Waals surface area contributed by atoms with Gasteiger partial charge in [-0.1, -0.05) is 43.7 Å². The maximum atomic E-state index is 13.1. The van der Waals surface area contributed by atoms with E-state index in [4.69, 9.17) is 4.74 Å². The number of aryl methyl sites for hydroxylation is 2. The molecule has 32 heavy (non-hydrogen) atoms. The normalized spacial score (nSPS) is 21.4. The second-order valence-electron chi connectivity index (χ2n) is 9.44. The molecular weight excluding hydrogens is 422 g/mol. The lowest BCUT2D eigenvalue weighted by Gasteiger charge is -2.33. The number of sulfone groups is 1. The topological polar surface area (TPSA) is 67.5 Å². The maximum absolute atomic E-state index is 13.1. The van der Waals surface area contributed by atoms with Crippen molar-refractivity contribution in [1.82, 2.24) is 0 Å². The molecule has 3 aromatic rings. The summed E-state index contributed by atoms with van der Waals surface area (Å²) >= 11 is 0. The van der Waals surface area contributed by atoms with Crippen molar-refractivity contribution in [3.63, 3.8) is 0 Å². The summed E-state index contributed by atoms with van der Waals surface area (Å²) < 4.78 is 34.1. The van der Waals surface area contributed by atoms with Gasteiger partial charge in [-0.25, -0.2) is 13.0 Å². The van der Waals surface area contributed by atoms with E-state index in [0.717, 1.165) is 22.4 Å². The number of aliphatic hydroxyl groups is 1. The average Bonchev–Trinajstić information content (AvgIpc) is 2.78. The lowest BCUT2D eigenvalue weighted by atomic mass is 9.75. The molecule has 168 valence electrons. The third-order valence-corrected chi connectivity index (χ3v) is 8.37. The van der Waals surface area contributed by atoms with Crippen molar-refractivity contribution < 1.29 is 22.8 Å². The molecule has 0 saturated carbocycles. The molecular formula is C26H30NO4S+. The van der Waals surface area contributed by atoms with Gasteiger partial charge in [0.2, 0.25) is 0 Å². The molecule has 0 saturated heterocycles. The minimum atomic E-state index is -3.51. The second kappa shape index (κ2) is 8.34. The Morgan fingerprint density at radius 3 is 2.38 bits per heavy atom. The van der Waals surface area contributed by atoms with E-state index in [1.165, 1.54) is 0 Å². The Balaban J connectivity index is 1.67. The smallest absolute Gasteiger partial charge is 0.179 e. The number of aromatic nitrogens is 1. The Hall–Kier alpha value is -2.70. The predicted octanol–water partition coefficient (Wildman–Crippen LogP) is 3.70. The monoisotopic (exact) mass is 452 g/mol. The summed E-state index contributed by atoms with van der Waals surface area (Å²) in [6.45, 7) is 6.03. The fourth-order valence-electron chi connectivity index (χ4n) is 4.40. The zero-order valence-corrected chi connectivity index (χ0v) is 19.8. The summed E-state index contributed by atoms with van der Waals surface area (Å²) in [6.07, 6.45) is 3.10. The van der Waals surface area contributed by atoms with Gasteiger partial charge in [-0.3, -0.25) is 0 Å². The molecule has 2 atom stereocenters. The SMILES string of the molecule is Cc1ccc2c(c1)[C@@H](c1ccc(OCc3cc[n+](C)cc3)cc1)[C@@H](O)C(C)(C)CS2(=O)=O. The molecule has 1 aliphatic rings. The van der Waals surface area contributed by atoms with Crippen molar-refractivity contribution in [2.45, 2.75) is 44.3 Å². The first-order valence-corrected chi connectivity index (χ1v) is 12.4. The van der Waals surface area contributed by atoms with E-state index in [1.807, 2.05) is 93.3 Å². The van der Waals surface area contributed by atoms with Crippen LogP contribution in [-0.4, -0.2) is 25.4 Å². The number of hydrogen-bond acceptors (Lipinski definition) is 4. The summed E-state index contributed by atoms with van der Waals surface area (Å²) in [4.78, 5) is 0.315. The largest absolute Gasteiger partial charge is 0.489 e. The van der Waals surface area contributed by atoms with Crippen LogP contribution in [0.3, 0.4) is 0 Å². The summed E-state index contributed by atoms with van der Waals surface area (Å²) in [6, 6.07) is 17.0. The van der Waals surface area contributed by atoms with Gasteiger partial charge in [-0.15, -0.1) is 0 Å². The fourth-order valence-corrected chi connectivity index (χ4v) is 6.52. The van der Waals surface area contributed by atoms with E-state index in [9.17, 15) is 13.5 Å². The first kappa shape index (κ1) is 22.5. The number of nitrogens with zero attached hydrogens (tertiary/aromatic N) is 1. The van der Waals surface area contributed by atoms with Crippen LogP contribution in [0.4, 0.5) is 0 Å². The van der Waals surface area contributed by atoms with E-state index in [1.54, 1.807) is 6.07 Å². The van der Waals surface area contributed by atoms with Crippen LogP contribution in [0.2, 0.25) is 0 Å². The van der Waals surface area contributed by atoms with Crippen LogP contribution in [0.5, 0.6) is 5.75 Å². The zero-order chi connectivity index (χ0) is 23.1. The molecule has 0 amide bonds. The number of rotatable bonds is 4. The van der Waals surface area contributed by atoms with Gasteiger partial charge in [0.25, 0.3) is 0 Å². The van der Waals surface area contributed by atoms with Gasteiger partial charge >= 0.3 is 0 Å². The Morgan fingerprint density at radius 1 is 1.06 bits per heavy atom. The average molecular weight is 453 g/mol. The Labute approximate surface area is 190 Å². The minimum Gasteiger partial charge on any atom is -0.489 e. The molecule has 1 aromatic heterocycles. The van der Waals surface area contributed by atoms with Crippen LogP contribution in [0.25, 0.3) is 0 Å². The molecule has 0 bridgehead atoms. The molecule has 1 N–H and O–H groups in total. The van der Waals surface area contributed by atoms with Crippen molar-refractivity contribution in [1.29, 1.82) is 0 Å². The van der Waals surface area contributed by atoms with Crippen LogP contribution in [0.1, 0.15) is 42.0 Å². The molecule has 5 nitrogen and oxygen atoms in total. The van der Waals surface area contributed by atoms with Gasteiger partial charge < -0.3 is 9.84 Å². The van der Waals surface area contributed by atoms with Crippen LogP contribution >= 0.6 is 0 Å². The van der Waals surface area contributed by atoms with Gasteiger partial charge in [0.15, 0.2) is 22.2 Å². The maximum Gasteiger partial charge on any atom is 0.179 e. The van der Waals surface area contributed by atoms with Crippen molar-refractivity contribution in [3.05, 3.63) is 89.2 Å². The highest BCUT2D eigenvalue weighted by atomic mass is 32.2. The van der Waals surface area contributed by atoms with Crippen molar-refractivity contribution >= 4 is 9.84 Å². The summed E-state index contributed by atoms with van der Waals surface area (Å²) in [5, 5.41) is 11.3. The number of fused-ring (bicyclic) bond motifs is 1. The van der Waals surface area contributed by atoms with Crippen LogP contribution in [0, 0.1) is 12.3 Å². The molecule has 6 heteroatoms. The minimum absolute atomic E-state index is 0.0935.